The normalized spacial score (nSPS) is 20.9. The zero-order valence-corrected chi connectivity index (χ0v) is 14.8. The lowest BCUT2D eigenvalue weighted by molar-refractivity contribution is -0.133. The van der Waals surface area contributed by atoms with Gasteiger partial charge < -0.3 is 10.2 Å². The van der Waals surface area contributed by atoms with E-state index in [1.807, 2.05) is 0 Å². The van der Waals surface area contributed by atoms with E-state index < -0.39 is 9.84 Å². The van der Waals surface area contributed by atoms with E-state index in [-0.39, 0.29) is 34.4 Å². The van der Waals surface area contributed by atoms with Crippen molar-refractivity contribution in [2.24, 2.45) is 5.92 Å². The van der Waals surface area contributed by atoms with Crippen molar-refractivity contribution >= 4 is 21.7 Å². The highest BCUT2D eigenvalue weighted by Crippen LogP contribution is 2.27. The van der Waals surface area contributed by atoms with Crippen LogP contribution in [0.2, 0.25) is 0 Å². The number of rotatable bonds is 4. The summed E-state index contributed by atoms with van der Waals surface area (Å²) < 4.78 is 23.5. The molecule has 1 aromatic rings. The van der Waals surface area contributed by atoms with Crippen molar-refractivity contribution in [3.05, 3.63) is 11.8 Å². The molecule has 8 nitrogen and oxygen atoms in total. The maximum Gasteiger partial charge on any atom is 0.225 e. The van der Waals surface area contributed by atoms with Gasteiger partial charge >= 0.3 is 0 Å². The zero-order valence-electron chi connectivity index (χ0n) is 14.0. The molecule has 0 bridgehead atoms. The van der Waals surface area contributed by atoms with Crippen LogP contribution in [0, 0.1) is 17.2 Å². The summed E-state index contributed by atoms with van der Waals surface area (Å²) in [6.45, 7) is 0. The molecule has 1 N–H and O–H groups in total. The molecular weight excluding hydrogens is 330 g/mol. The standard InChI is InChI=1S/C15H21N5O3S/c1-20(2)14(21)10-4-6-12(7-5-10)18-15-17-9-11(8-16)13(19-15)24(3,22)23/h9-10,12H,4-7H2,1-3H3,(H,17,18,19)/t10-,12-. The van der Waals surface area contributed by atoms with Crippen LogP contribution in [0.15, 0.2) is 11.2 Å². The lowest BCUT2D eigenvalue weighted by Gasteiger charge is -2.29. The second kappa shape index (κ2) is 7.13. The van der Waals surface area contributed by atoms with Crippen molar-refractivity contribution in [2.45, 2.75) is 36.8 Å². The van der Waals surface area contributed by atoms with Crippen LogP contribution in [0.4, 0.5) is 5.95 Å². The third-order valence-electron chi connectivity index (χ3n) is 4.08. The summed E-state index contributed by atoms with van der Waals surface area (Å²) in [7, 11) is -0.0943. The highest BCUT2D eigenvalue weighted by atomic mass is 32.2. The second-order valence-corrected chi connectivity index (χ2v) is 8.15. The van der Waals surface area contributed by atoms with Crippen LogP contribution in [-0.2, 0) is 14.6 Å². The Hall–Kier alpha value is -2.21. The molecule has 1 amide bonds. The highest BCUT2D eigenvalue weighted by molar-refractivity contribution is 7.90. The average molecular weight is 351 g/mol. The predicted molar refractivity (Wildman–Crippen MR) is 87.9 cm³/mol. The Labute approximate surface area is 141 Å². The summed E-state index contributed by atoms with van der Waals surface area (Å²) in [4.78, 5) is 21.6. The van der Waals surface area contributed by atoms with Crippen LogP contribution in [0.25, 0.3) is 0 Å². The van der Waals surface area contributed by atoms with Gasteiger partial charge in [-0.05, 0) is 25.7 Å². The van der Waals surface area contributed by atoms with Crippen molar-refractivity contribution in [1.82, 2.24) is 14.9 Å². The van der Waals surface area contributed by atoms with Gasteiger partial charge in [-0.15, -0.1) is 0 Å². The lowest BCUT2D eigenvalue weighted by atomic mass is 9.85. The molecule has 1 aliphatic rings. The number of nitrogens with one attached hydrogen (secondary N) is 1. The highest BCUT2D eigenvalue weighted by Gasteiger charge is 2.28. The molecule has 24 heavy (non-hydrogen) atoms. The first kappa shape index (κ1) is 18.1. The van der Waals surface area contributed by atoms with Crippen LogP contribution in [-0.4, -0.2) is 55.6 Å². The minimum atomic E-state index is -3.60. The maximum absolute atomic E-state index is 12.0. The van der Waals surface area contributed by atoms with Crippen molar-refractivity contribution in [3.63, 3.8) is 0 Å². The van der Waals surface area contributed by atoms with Gasteiger partial charge in [-0.25, -0.2) is 13.4 Å². The molecule has 1 heterocycles. The van der Waals surface area contributed by atoms with Gasteiger partial charge in [0.05, 0.1) is 6.20 Å². The minimum absolute atomic E-state index is 0.0338. The van der Waals surface area contributed by atoms with Crippen LogP contribution < -0.4 is 5.32 Å². The number of carbonyl (C=O) groups excluding carboxylic acids is 1. The summed E-state index contributed by atoms with van der Waals surface area (Å²) in [5, 5.41) is 11.8. The third-order valence-corrected chi connectivity index (χ3v) is 5.09. The first-order chi connectivity index (χ1) is 11.2. The molecule has 1 fully saturated rings. The van der Waals surface area contributed by atoms with Crippen LogP contribution >= 0.6 is 0 Å². The van der Waals surface area contributed by atoms with Gasteiger partial charge in [0.15, 0.2) is 14.9 Å². The number of sulfone groups is 1. The number of anilines is 1. The van der Waals surface area contributed by atoms with Gasteiger partial charge in [-0.3, -0.25) is 4.79 Å². The van der Waals surface area contributed by atoms with E-state index in [0.717, 1.165) is 31.9 Å². The molecule has 0 aromatic carbocycles. The van der Waals surface area contributed by atoms with Gasteiger partial charge in [0.2, 0.25) is 11.9 Å². The van der Waals surface area contributed by atoms with E-state index in [9.17, 15) is 13.2 Å². The maximum atomic E-state index is 12.0. The van der Waals surface area contributed by atoms with Crippen molar-refractivity contribution < 1.29 is 13.2 Å². The zero-order chi connectivity index (χ0) is 17.9. The lowest BCUT2D eigenvalue weighted by Crippen LogP contribution is -2.35. The number of amides is 1. The number of nitrogens with zero attached hydrogens (tertiary/aromatic N) is 4. The van der Waals surface area contributed by atoms with E-state index in [4.69, 9.17) is 5.26 Å². The van der Waals surface area contributed by atoms with Gasteiger partial charge in [-0.2, -0.15) is 10.2 Å². The van der Waals surface area contributed by atoms with E-state index in [1.165, 1.54) is 6.20 Å². The summed E-state index contributed by atoms with van der Waals surface area (Å²) in [5.74, 6) is 0.366. The largest absolute Gasteiger partial charge is 0.351 e. The molecule has 0 saturated heterocycles. The first-order valence-electron chi connectivity index (χ1n) is 7.67. The monoisotopic (exact) mass is 351 g/mol. The molecule has 0 unspecified atom stereocenters. The minimum Gasteiger partial charge on any atom is -0.351 e. The topological polar surface area (TPSA) is 116 Å². The van der Waals surface area contributed by atoms with Gasteiger partial charge in [0.25, 0.3) is 0 Å². The third kappa shape index (κ3) is 4.20. The van der Waals surface area contributed by atoms with Crippen LogP contribution in [0.1, 0.15) is 31.2 Å². The van der Waals surface area contributed by atoms with E-state index in [1.54, 1.807) is 25.1 Å². The fourth-order valence-corrected chi connectivity index (χ4v) is 3.58. The molecule has 0 spiro atoms. The quantitative estimate of drug-likeness (QED) is 0.798. The van der Waals surface area contributed by atoms with Crippen molar-refractivity contribution in [2.75, 3.05) is 25.7 Å². The SMILES string of the molecule is CN(C)C(=O)[C@H]1CC[C@H](Nc2ncc(C#N)c(S(C)(=O)=O)n2)CC1. The van der Waals surface area contributed by atoms with E-state index in [2.05, 4.69) is 15.3 Å². The van der Waals surface area contributed by atoms with Crippen molar-refractivity contribution in [3.8, 4) is 6.07 Å². The van der Waals surface area contributed by atoms with Gasteiger partial charge in [-0.1, -0.05) is 0 Å². The Morgan fingerprint density at radius 3 is 2.46 bits per heavy atom. The summed E-state index contributed by atoms with van der Waals surface area (Å²) >= 11 is 0. The molecular formula is C15H21N5O3S. The molecule has 1 saturated carbocycles. The summed E-state index contributed by atoms with van der Waals surface area (Å²) in [6.07, 6.45) is 5.32. The number of carbonyl (C=O) groups is 1. The smallest absolute Gasteiger partial charge is 0.225 e. The predicted octanol–water partition coefficient (Wildman–Crippen LogP) is 0.811. The fourth-order valence-electron chi connectivity index (χ4n) is 2.83. The Kier molecular flexibility index (Phi) is 5.39. The first-order valence-corrected chi connectivity index (χ1v) is 9.56. The molecule has 1 aliphatic carbocycles. The fraction of sp³-hybridized carbons (Fsp3) is 0.600. The summed E-state index contributed by atoms with van der Waals surface area (Å²) in [6, 6.07) is 1.87. The number of hydrogen-bond acceptors (Lipinski definition) is 7. The van der Waals surface area contributed by atoms with Gasteiger partial charge in [0.1, 0.15) is 11.6 Å². The number of aromatic nitrogens is 2. The Morgan fingerprint density at radius 2 is 1.96 bits per heavy atom. The number of nitriles is 1. The molecule has 0 atom stereocenters. The molecule has 0 aliphatic heterocycles. The Bertz CT molecular complexity index is 762. The van der Waals surface area contributed by atoms with E-state index >= 15 is 0 Å². The average Bonchev–Trinajstić information content (AvgIpc) is 2.54. The van der Waals surface area contributed by atoms with Crippen molar-refractivity contribution in [1.29, 1.82) is 5.26 Å². The van der Waals surface area contributed by atoms with Crippen LogP contribution in [0.3, 0.4) is 0 Å². The Morgan fingerprint density at radius 1 is 1.33 bits per heavy atom. The Balaban J connectivity index is 2.06. The number of hydrogen-bond donors (Lipinski definition) is 1. The molecule has 9 heteroatoms. The van der Waals surface area contributed by atoms with Gasteiger partial charge in [0, 0.05) is 32.3 Å². The van der Waals surface area contributed by atoms with E-state index in [0.29, 0.717) is 0 Å². The summed E-state index contributed by atoms with van der Waals surface area (Å²) in [5.41, 5.74) is -0.0664. The van der Waals surface area contributed by atoms with Crippen LogP contribution in [0.5, 0.6) is 0 Å². The second-order valence-electron chi connectivity index (χ2n) is 6.22. The molecule has 1 aromatic heterocycles. The molecule has 0 radical (unpaired) electrons. The molecule has 2 rings (SSSR count). The molecule has 130 valence electrons.